The molecule has 6 nitrogen and oxygen atoms in total. The first kappa shape index (κ1) is 23.6. The average molecular weight is 473 g/mol. The van der Waals surface area contributed by atoms with Crippen LogP contribution in [-0.2, 0) is 14.8 Å². The standard InChI is InChI=1S/C24H25ClN2O4S/c1-18-14-15-19(25)17-22(18)27(32(2,29)30)16-8-13-24(28)26-21-11-6-7-12-23(21)31-20-9-4-3-5-10-20/h3-7,9-12,14-15,17H,8,13,16H2,1-2H3,(H,26,28). The molecule has 3 aromatic rings. The summed E-state index contributed by atoms with van der Waals surface area (Å²) in [5, 5.41) is 3.30. The number of ether oxygens (including phenoxy) is 1. The van der Waals surface area contributed by atoms with Crippen molar-refractivity contribution in [1.29, 1.82) is 0 Å². The smallest absolute Gasteiger partial charge is 0.232 e. The van der Waals surface area contributed by atoms with Crippen LogP contribution in [0.2, 0.25) is 5.02 Å². The van der Waals surface area contributed by atoms with Crippen molar-refractivity contribution < 1.29 is 17.9 Å². The maximum Gasteiger partial charge on any atom is 0.232 e. The molecule has 0 unspecified atom stereocenters. The van der Waals surface area contributed by atoms with Crippen LogP contribution in [0.1, 0.15) is 18.4 Å². The summed E-state index contributed by atoms with van der Waals surface area (Å²) in [6.07, 6.45) is 1.63. The molecule has 0 atom stereocenters. The van der Waals surface area contributed by atoms with E-state index >= 15 is 0 Å². The van der Waals surface area contributed by atoms with Gasteiger partial charge in [0.05, 0.1) is 17.6 Å². The van der Waals surface area contributed by atoms with Crippen molar-refractivity contribution in [3.05, 3.63) is 83.4 Å². The van der Waals surface area contributed by atoms with Gasteiger partial charge in [0.2, 0.25) is 15.9 Å². The molecule has 0 saturated carbocycles. The third kappa shape index (κ3) is 6.48. The molecule has 0 fully saturated rings. The molecule has 0 saturated heterocycles. The van der Waals surface area contributed by atoms with E-state index in [1.165, 1.54) is 4.31 Å². The molecule has 3 rings (SSSR count). The SMILES string of the molecule is Cc1ccc(Cl)cc1N(CCCC(=O)Nc1ccccc1Oc1ccccc1)S(C)(=O)=O. The average Bonchev–Trinajstić information content (AvgIpc) is 2.74. The van der Waals surface area contributed by atoms with Gasteiger partial charge in [0.25, 0.3) is 0 Å². The van der Waals surface area contributed by atoms with Crippen LogP contribution in [-0.4, -0.2) is 27.1 Å². The van der Waals surface area contributed by atoms with Gasteiger partial charge >= 0.3 is 0 Å². The number of halogens is 1. The van der Waals surface area contributed by atoms with E-state index in [0.717, 1.165) is 11.8 Å². The maximum atomic E-state index is 12.6. The second kappa shape index (κ2) is 10.5. The Hall–Kier alpha value is -3.03. The van der Waals surface area contributed by atoms with Gasteiger partial charge in [-0.2, -0.15) is 0 Å². The zero-order valence-electron chi connectivity index (χ0n) is 17.9. The predicted octanol–water partition coefficient (Wildman–Crippen LogP) is 5.63. The first-order valence-electron chi connectivity index (χ1n) is 10.1. The van der Waals surface area contributed by atoms with Crippen molar-refractivity contribution >= 4 is 38.9 Å². The molecule has 8 heteroatoms. The molecule has 0 aromatic heterocycles. The Morgan fingerprint density at radius 1 is 1.03 bits per heavy atom. The molecule has 3 aromatic carbocycles. The lowest BCUT2D eigenvalue weighted by Crippen LogP contribution is -2.32. The molecule has 1 amide bonds. The number of nitrogens with zero attached hydrogens (tertiary/aromatic N) is 1. The van der Waals surface area contributed by atoms with Gasteiger partial charge in [-0.05, 0) is 55.3 Å². The Morgan fingerprint density at radius 3 is 2.44 bits per heavy atom. The van der Waals surface area contributed by atoms with E-state index in [1.807, 2.05) is 43.3 Å². The number of rotatable bonds is 9. The van der Waals surface area contributed by atoms with Crippen molar-refractivity contribution in [1.82, 2.24) is 0 Å². The normalized spacial score (nSPS) is 11.1. The Morgan fingerprint density at radius 2 is 1.72 bits per heavy atom. The fourth-order valence-electron chi connectivity index (χ4n) is 3.19. The quantitative estimate of drug-likeness (QED) is 0.438. The van der Waals surface area contributed by atoms with Gasteiger partial charge in [0.15, 0.2) is 5.75 Å². The van der Waals surface area contributed by atoms with E-state index in [9.17, 15) is 13.2 Å². The van der Waals surface area contributed by atoms with E-state index in [1.54, 1.807) is 36.4 Å². The Bertz CT molecular complexity index is 1180. The summed E-state index contributed by atoms with van der Waals surface area (Å²) in [5.74, 6) is 0.958. The van der Waals surface area contributed by atoms with Gasteiger partial charge in [0, 0.05) is 18.0 Å². The minimum atomic E-state index is -3.53. The number of carbonyl (C=O) groups excluding carboxylic acids is 1. The number of aryl methyl sites for hydroxylation is 1. The van der Waals surface area contributed by atoms with Crippen LogP contribution in [0, 0.1) is 6.92 Å². The Labute approximate surface area is 193 Å². The molecule has 0 heterocycles. The van der Waals surface area contributed by atoms with Gasteiger partial charge in [0.1, 0.15) is 5.75 Å². The summed E-state index contributed by atoms with van der Waals surface area (Å²) < 4.78 is 31.8. The zero-order chi connectivity index (χ0) is 23.1. The number of hydrogen-bond acceptors (Lipinski definition) is 4. The van der Waals surface area contributed by atoms with Crippen molar-refractivity contribution in [2.24, 2.45) is 0 Å². The number of amides is 1. The van der Waals surface area contributed by atoms with E-state index < -0.39 is 10.0 Å². The third-order valence-electron chi connectivity index (χ3n) is 4.74. The van der Waals surface area contributed by atoms with Crippen LogP contribution in [0.15, 0.2) is 72.8 Å². The maximum absolute atomic E-state index is 12.6. The lowest BCUT2D eigenvalue weighted by Gasteiger charge is -2.24. The monoisotopic (exact) mass is 472 g/mol. The molecule has 168 valence electrons. The predicted molar refractivity (Wildman–Crippen MR) is 129 cm³/mol. The van der Waals surface area contributed by atoms with Crippen LogP contribution < -0.4 is 14.4 Å². The molecule has 1 N–H and O–H groups in total. The number of sulfonamides is 1. The summed E-state index contributed by atoms with van der Waals surface area (Å²) in [4.78, 5) is 12.6. The van der Waals surface area contributed by atoms with Crippen molar-refractivity contribution in [2.45, 2.75) is 19.8 Å². The highest BCUT2D eigenvalue weighted by Gasteiger charge is 2.20. The number of hydrogen-bond donors (Lipinski definition) is 1. The van der Waals surface area contributed by atoms with E-state index in [-0.39, 0.29) is 18.9 Å². The molecule has 32 heavy (non-hydrogen) atoms. The molecule has 0 bridgehead atoms. The number of para-hydroxylation sites is 3. The van der Waals surface area contributed by atoms with E-state index in [4.69, 9.17) is 16.3 Å². The van der Waals surface area contributed by atoms with Gasteiger partial charge in [-0.1, -0.05) is 48.0 Å². The largest absolute Gasteiger partial charge is 0.455 e. The molecule has 0 radical (unpaired) electrons. The van der Waals surface area contributed by atoms with Crippen molar-refractivity contribution in [3.63, 3.8) is 0 Å². The summed E-state index contributed by atoms with van der Waals surface area (Å²) in [6.45, 7) is 1.98. The summed E-state index contributed by atoms with van der Waals surface area (Å²) in [7, 11) is -3.53. The van der Waals surface area contributed by atoms with Gasteiger partial charge in [-0.25, -0.2) is 8.42 Å². The lowest BCUT2D eigenvalue weighted by molar-refractivity contribution is -0.116. The second-order valence-corrected chi connectivity index (χ2v) is 9.67. The number of anilines is 2. The molecule has 0 aliphatic heterocycles. The molecule has 0 aliphatic carbocycles. The van der Waals surface area contributed by atoms with Crippen LogP contribution in [0.5, 0.6) is 11.5 Å². The van der Waals surface area contributed by atoms with Crippen LogP contribution in [0.4, 0.5) is 11.4 Å². The van der Waals surface area contributed by atoms with Crippen LogP contribution >= 0.6 is 11.6 Å². The molecule has 0 spiro atoms. The summed E-state index contributed by atoms with van der Waals surface area (Å²) in [6, 6.07) is 21.6. The minimum Gasteiger partial charge on any atom is -0.455 e. The summed E-state index contributed by atoms with van der Waals surface area (Å²) in [5.41, 5.74) is 1.85. The second-order valence-electron chi connectivity index (χ2n) is 7.33. The molecular formula is C24H25ClN2O4S. The van der Waals surface area contributed by atoms with Gasteiger partial charge in [-0.3, -0.25) is 9.10 Å². The van der Waals surface area contributed by atoms with E-state index in [0.29, 0.717) is 34.3 Å². The Balaban J connectivity index is 1.64. The first-order valence-corrected chi connectivity index (χ1v) is 12.3. The van der Waals surface area contributed by atoms with Gasteiger partial charge < -0.3 is 10.1 Å². The van der Waals surface area contributed by atoms with Crippen LogP contribution in [0.3, 0.4) is 0 Å². The topological polar surface area (TPSA) is 75.7 Å². The third-order valence-corrected chi connectivity index (χ3v) is 6.15. The lowest BCUT2D eigenvalue weighted by atomic mass is 10.2. The highest BCUT2D eigenvalue weighted by Crippen LogP contribution is 2.30. The highest BCUT2D eigenvalue weighted by atomic mass is 35.5. The number of carbonyl (C=O) groups is 1. The van der Waals surface area contributed by atoms with Crippen molar-refractivity contribution in [3.8, 4) is 11.5 Å². The number of benzene rings is 3. The first-order chi connectivity index (χ1) is 15.2. The molecular weight excluding hydrogens is 448 g/mol. The van der Waals surface area contributed by atoms with Crippen LogP contribution in [0.25, 0.3) is 0 Å². The summed E-state index contributed by atoms with van der Waals surface area (Å²) >= 11 is 6.06. The Kier molecular flexibility index (Phi) is 7.77. The van der Waals surface area contributed by atoms with Crippen molar-refractivity contribution in [2.75, 3.05) is 22.4 Å². The van der Waals surface area contributed by atoms with Gasteiger partial charge in [-0.15, -0.1) is 0 Å². The minimum absolute atomic E-state index is 0.144. The van der Waals surface area contributed by atoms with E-state index in [2.05, 4.69) is 5.32 Å². The number of nitrogens with one attached hydrogen (secondary N) is 1. The fraction of sp³-hybridized carbons (Fsp3) is 0.208. The zero-order valence-corrected chi connectivity index (χ0v) is 19.5. The highest BCUT2D eigenvalue weighted by molar-refractivity contribution is 7.92. The fourth-order valence-corrected chi connectivity index (χ4v) is 4.37. The molecule has 0 aliphatic rings.